The number of rotatable bonds is 11. The fourth-order valence-electron chi connectivity index (χ4n) is 3.95. The molecule has 0 aliphatic rings. The molecule has 4 rings (SSSR count). The van der Waals surface area contributed by atoms with Gasteiger partial charge >= 0.3 is 0 Å². The van der Waals surface area contributed by atoms with Crippen LogP contribution >= 0.6 is 11.6 Å². The smallest absolute Gasteiger partial charge is 0.249 e. The molecular weight excluding hydrogens is 516 g/mol. The van der Waals surface area contributed by atoms with E-state index in [4.69, 9.17) is 26.8 Å². The molecule has 0 spiro atoms. The Bertz CT molecular complexity index is 1570. The summed E-state index contributed by atoms with van der Waals surface area (Å²) in [6, 6.07) is 16.5. The van der Waals surface area contributed by atoms with Gasteiger partial charge in [0.05, 0.1) is 34.1 Å². The number of hydrogen-bond acceptors (Lipinski definition) is 8. The van der Waals surface area contributed by atoms with Gasteiger partial charge in [-0.1, -0.05) is 23.7 Å². The van der Waals surface area contributed by atoms with E-state index in [2.05, 4.69) is 26.7 Å². The number of likely N-dealkylation sites (N-methyl/N-ethyl adjacent to an activating group) is 1. The number of carbonyl (C=O) groups is 1. The highest BCUT2D eigenvalue weighted by Crippen LogP contribution is 2.37. The van der Waals surface area contributed by atoms with Gasteiger partial charge in [-0.2, -0.15) is 5.26 Å². The first-order chi connectivity index (χ1) is 18.9. The molecule has 0 radical (unpaired) electrons. The Hall–Kier alpha value is -4.65. The van der Waals surface area contributed by atoms with Crippen molar-refractivity contribution in [3.8, 4) is 17.6 Å². The van der Waals surface area contributed by atoms with Crippen molar-refractivity contribution in [1.82, 2.24) is 15.3 Å². The number of nitriles is 1. The molecule has 0 aliphatic carbocycles. The third kappa shape index (κ3) is 6.44. The number of nitrogens with two attached hydrogens (primary N) is 1. The number of primary amides is 1. The van der Waals surface area contributed by atoms with Crippen LogP contribution in [0.25, 0.3) is 16.5 Å². The van der Waals surface area contributed by atoms with Gasteiger partial charge < -0.3 is 25.8 Å². The maximum atomic E-state index is 12.4. The summed E-state index contributed by atoms with van der Waals surface area (Å²) in [6.07, 6.45) is 4.88. The number of amides is 1. The highest BCUT2D eigenvalue weighted by Gasteiger charge is 2.19. The van der Waals surface area contributed by atoms with Gasteiger partial charge in [0, 0.05) is 47.2 Å². The quantitative estimate of drug-likeness (QED) is 0.226. The fourth-order valence-corrected chi connectivity index (χ4v) is 4.18. The summed E-state index contributed by atoms with van der Waals surface area (Å²) in [7, 11) is 1.77. The van der Waals surface area contributed by atoms with Crippen LogP contribution in [-0.4, -0.2) is 36.1 Å². The van der Waals surface area contributed by atoms with Gasteiger partial charge in [0.15, 0.2) is 0 Å². The van der Waals surface area contributed by atoms with Crippen LogP contribution in [0.3, 0.4) is 0 Å². The number of benzene rings is 2. The Balaban J connectivity index is 1.74. The van der Waals surface area contributed by atoms with Gasteiger partial charge in [0.1, 0.15) is 24.2 Å². The van der Waals surface area contributed by atoms with Crippen molar-refractivity contribution in [2.75, 3.05) is 25.5 Å². The van der Waals surface area contributed by atoms with Gasteiger partial charge in [-0.15, -0.1) is 0 Å². The molecule has 1 amide bonds. The van der Waals surface area contributed by atoms with E-state index < -0.39 is 5.91 Å². The summed E-state index contributed by atoms with van der Waals surface area (Å²) in [5.74, 6) is 0.363. The van der Waals surface area contributed by atoms with Crippen molar-refractivity contribution in [2.24, 2.45) is 5.73 Å². The molecule has 10 heteroatoms. The molecule has 2 aromatic carbocycles. The Morgan fingerprint density at radius 1 is 1.15 bits per heavy atom. The normalized spacial score (nSPS) is 11.2. The lowest BCUT2D eigenvalue weighted by molar-refractivity contribution is -0.112. The minimum absolute atomic E-state index is 0.273. The number of fused-ring (bicyclic) bond motifs is 1. The second-order valence-electron chi connectivity index (χ2n) is 8.38. The highest BCUT2D eigenvalue weighted by molar-refractivity contribution is 6.32. The number of hydrogen-bond donors (Lipinski definition) is 3. The molecule has 0 saturated heterocycles. The van der Waals surface area contributed by atoms with Crippen molar-refractivity contribution < 1.29 is 14.3 Å². The van der Waals surface area contributed by atoms with Crippen molar-refractivity contribution in [2.45, 2.75) is 13.5 Å². The Kier molecular flexibility index (Phi) is 8.94. The van der Waals surface area contributed by atoms with E-state index in [0.29, 0.717) is 68.7 Å². The number of halogens is 1. The van der Waals surface area contributed by atoms with E-state index in [1.165, 1.54) is 6.20 Å². The van der Waals surface area contributed by atoms with E-state index in [1.54, 1.807) is 49.7 Å². The van der Waals surface area contributed by atoms with Crippen molar-refractivity contribution in [3.05, 3.63) is 88.8 Å². The number of aromatic nitrogens is 2. The van der Waals surface area contributed by atoms with E-state index in [1.807, 2.05) is 25.1 Å². The molecule has 2 aromatic heterocycles. The number of anilines is 2. The average Bonchev–Trinajstić information content (AvgIpc) is 2.94. The molecule has 2 heterocycles. The zero-order chi connectivity index (χ0) is 27.8. The molecule has 9 nitrogen and oxygen atoms in total. The topological polar surface area (TPSA) is 135 Å². The summed E-state index contributed by atoms with van der Waals surface area (Å²) in [6.45, 7) is 2.93. The lowest BCUT2D eigenvalue weighted by Gasteiger charge is -2.17. The maximum Gasteiger partial charge on any atom is 0.249 e. The molecule has 198 valence electrons. The van der Waals surface area contributed by atoms with E-state index in [0.717, 1.165) is 5.69 Å². The summed E-state index contributed by atoms with van der Waals surface area (Å²) in [5.41, 5.74) is 9.31. The summed E-state index contributed by atoms with van der Waals surface area (Å²) in [4.78, 5) is 21.1. The minimum atomic E-state index is -0.600. The molecule has 0 saturated carbocycles. The molecule has 39 heavy (non-hydrogen) atoms. The molecule has 4 N–H and O–H groups in total. The SMILES string of the molecule is CCOc1cc2ncc(C#N)c(Nc3ccc(OCc4ccccn4)c(Cl)c3)c2cc1/C(=C\CNC)C(N)=O. The van der Waals surface area contributed by atoms with Crippen LogP contribution in [0.15, 0.2) is 67.0 Å². The van der Waals surface area contributed by atoms with Crippen LogP contribution in [-0.2, 0) is 11.4 Å². The first-order valence-electron chi connectivity index (χ1n) is 12.2. The van der Waals surface area contributed by atoms with E-state index in [9.17, 15) is 10.1 Å². The van der Waals surface area contributed by atoms with Gasteiger partial charge in [-0.3, -0.25) is 14.8 Å². The maximum absolute atomic E-state index is 12.4. The molecule has 0 bridgehead atoms. The molecule has 0 atom stereocenters. The minimum Gasteiger partial charge on any atom is -0.493 e. The van der Waals surface area contributed by atoms with E-state index in [-0.39, 0.29) is 6.61 Å². The predicted octanol–water partition coefficient (Wildman–Crippen LogP) is 4.96. The standard InChI is InChI=1S/C29H27ClN6O3/c1-3-38-27-14-25-23(13-22(27)21(29(32)37)9-11-33-2)28(18(15-31)16-35-25)36-19-7-8-26(24(30)12-19)39-17-20-6-4-5-10-34-20/h4-10,12-14,16,33H,3,11,17H2,1-2H3,(H2,32,37)(H,35,36)/b21-9+. The van der Waals surface area contributed by atoms with Gasteiger partial charge in [0.2, 0.25) is 5.91 Å². The van der Waals surface area contributed by atoms with Gasteiger partial charge in [0.25, 0.3) is 0 Å². The summed E-state index contributed by atoms with van der Waals surface area (Å²) in [5, 5.41) is 17.1. The van der Waals surface area contributed by atoms with Crippen molar-refractivity contribution in [1.29, 1.82) is 5.26 Å². The number of ether oxygens (including phenoxy) is 2. The highest BCUT2D eigenvalue weighted by atomic mass is 35.5. The van der Waals surface area contributed by atoms with Crippen LogP contribution < -0.4 is 25.8 Å². The third-order valence-electron chi connectivity index (χ3n) is 5.76. The second kappa shape index (κ2) is 12.7. The lowest BCUT2D eigenvalue weighted by Crippen LogP contribution is -2.16. The Morgan fingerprint density at radius 2 is 2.00 bits per heavy atom. The molecule has 0 fully saturated rings. The monoisotopic (exact) mass is 542 g/mol. The molecule has 0 aliphatic heterocycles. The number of nitrogens with one attached hydrogen (secondary N) is 2. The third-order valence-corrected chi connectivity index (χ3v) is 6.05. The number of carbonyl (C=O) groups excluding carboxylic acids is 1. The molecule has 0 unspecified atom stereocenters. The second-order valence-corrected chi connectivity index (χ2v) is 8.78. The Morgan fingerprint density at radius 3 is 2.67 bits per heavy atom. The largest absolute Gasteiger partial charge is 0.493 e. The summed E-state index contributed by atoms with van der Waals surface area (Å²) >= 11 is 6.52. The Labute approximate surface area is 231 Å². The van der Waals surface area contributed by atoms with Crippen LogP contribution in [0, 0.1) is 11.3 Å². The fraction of sp³-hybridized carbons (Fsp3) is 0.172. The zero-order valence-corrected chi connectivity index (χ0v) is 22.2. The molecule has 4 aromatic rings. The molecular formula is C29H27ClN6O3. The lowest BCUT2D eigenvalue weighted by atomic mass is 9.99. The van der Waals surface area contributed by atoms with Gasteiger partial charge in [-0.25, -0.2) is 0 Å². The average molecular weight is 543 g/mol. The van der Waals surface area contributed by atoms with Crippen molar-refractivity contribution in [3.63, 3.8) is 0 Å². The van der Waals surface area contributed by atoms with Crippen LogP contribution in [0.5, 0.6) is 11.5 Å². The van der Waals surface area contributed by atoms with Crippen molar-refractivity contribution >= 4 is 45.4 Å². The zero-order valence-electron chi connectivity index (χ0n) is 21.5. The van der Waals surface area contributed by atoms with Crippen LogP contribution in [0.2, 0.25) is 5.02 Å². The number of nitrogens with zero attached hydrogens (tertiary/aromatic N) is 3. The first kappa shape index (κ1) is 27.4. The first-order valence-corrected chi connectivity index (χ1v) is 12.6. The van der Waals surface area contributed by atoms with Crippen LogP contribution in [0.1, 0.15) is 23.7 Å². The van der Waals surface area contributed by atoms with Gasteiger partial charge in [-0.05, 0) is 50.4 Å². The van der Waals surface area contributed by atoms with Crippen LogP contribution in [0.4, 0.5) is 11.4 Å². The predicted molar refractivity (Wildman–Crippen MR) is 152 cm³/mol. The van der Waals surface area contributed by atoms with E-state index >= 15 is 0 Å². The summed E-state index contributed by atoms with van der Waals surface area (Å²) < 4.78 is 11.6. The number of pyridine rings is 2.